The average Bonchev–Trinajstić information content (AvgIpc) is 2.93. The summed E-state index contributed by atoms with van der Waals surface area (Å²) in [5.74, 6) is -0.0834. The van der Waals surface area contributed by atoms with Crippen LogP contribution in [0, 0.1) is 0 Å². The van der Waals surface area contributed by atoms with Crippen molar-refractivity contribution in [2.45, 2.75) is 11.5 Å². The molecule has 41 heavy (non-hydrogen) atoms. The maximum atomic E-state index is 12.8. The van der Waals surface area contributed by atoms with Crippen molar-refractivity contribution in [1.29, 1.82) is 0 Å². The van der Waals surface area contributed by atoms with Crippen LogP contribution in [0.15, 0.2) is 102 Å². The molecule has 0 saturated carbocycles. The zero-order valence-corrected chi connectivity index (χ0v) is 24.8. The number of rotatable bonds is 11. The van der Waals surface area contributed by atoms with Crippen molar-refractivity contribution in [1.82, 2.24) is 0 Å². The Hall–Kier alpha value is -3.77. The first-order valence-corrected chi connectivity index (χ1v) is 16.1. The quantitative estimate of drug-likeness (QED) is 0.216. The van der Waals surface area contributed by atoms with Crippen LogP contribution in [0.4, 0.5) is 17.1 Å². The number of nitrogens with zero attached hydrogens (tertiary/aromatic N) is 1. The molecule has 0 aliphatic carbocycles. The van der Waals surface area contributed by atoms with Crippen molar-refractivity contribution in [2.75, 3.05) is 27.1 Å². The fraction of sp³-hybridized carbons (Fsp3) is 0.107. The minimum Gasteiger partial charge on any atom is -0.489 e. The summed E-state index contributed by atoms with van der Waals surface area (Å²) in [7, 11) is -7.79. The molecular weight excluding hydrogens is 609 g/mol. The fourth-order valence-corrected chi connectivity index (χ4v) is 6.12. The average molecular weight is 635 g/mol. The molecule has 2 N–H and O–H groups in total. The molecule has 4 aromatic carbocycles. The molecule has 0 spiro atoms. The van der Waals surface area contributed by atoms with Crippen LogP contribution in [-0.4, -0.2) is 35.5 Å². The Labute approximate surface area is 248 Å². The first-order chi connectivity index (χ1) is 19.4. The highest BCUT2D eigenvalue weighted by Crippen LogP contribution is 2.28. The van der Waals surface area contributed by atoms with Gasteiger partial charge in [0.1, 0.15) is 18.9 Å². The Kier molecular flexibility index (Phi) is 9.44. The predicted molar refractivity (Wildman–Crippen MR) is 162 cm³/mol. The molecular formula is C28H25Cl2N3O6S2. The van der Waals surface area contributed by atoms with Crippen molar-refractivity contribution in [3.63, 3.8) is 0 Å². The van der Waals surface area contributed by atoms with Crippen LogP contribution in [0.25, 0.3) is 0 Å². The lowest BCUT2D eigenvalue weighted by molar-refractivity contribution is -0.114. The van der Waals surface area contributed by atoms with Gasteiger partial charge >= 0.3 is 0 Å². The lowest BCUT2D eigenvalue weighted by atomic mass is 10.2. The number of benzene rings is 4. The highest BCUT2D eigenvalue weighted by molar-refractivity contribution is 7.92. The summed E-state index contributed by atoms with van der Waals surface area (Å²) in [5, 5.41) is 3.08. The Morgan fingerprint density at radius 1 is 0.854 bits per heavy atom. The molecule has 0 bridgehead atoms. The summed E-state index contributed by atoms with van der Waals surface area (Å²) in [6, 6.07) is 25.6. The Balaban J connectivity index is 1.39. The van der Waals surface area contributed by atoms with Gasteiger partial charge in [0.05, 0.1) is 27.5 Å². The van der Waals surface area contributed by atoms with Crippen molar-refractivity contribution in [2.24, 2.45) is 0 Å². The third kappa shape index (κ3) is 8.37. The largest absolute Gasteiger partial charge is 0.489 e. The first-order valence-electron chi connectivity index (χ1n) is 12.0. The summed E-state index contributed by atoms with van der Waals surface area (Å²) < 4.78 is 59.6. The van der Waals surface area contributed by atoms with Crippen molar-refractivity contribution < 1.29 is 26.4 Å². The van der Waals surface area contributed by atoms with Gasteiger partial charge in [-0.05, 0) is 72.3 Å². The Bertz CT molecular complexity index is 1730. The molecule has 0 radical (unpaired) electrons. The summed E-state index contributed by atoms with van der Waals surface area (Å²) in [6.07, 6.45) is 1.000. The number of amides is 1. The molecule has 0 fully saturated rings. The molecule has 214 valence electrons. The van der Waals surface area contributed by atoms with Crippen molar-refractivity contribution >= 4 is 66.2 Å². The maximum absolute atomic E-state index is 12.8. The van der Waals surface area contributed by atoms with E-state index >= 15 is 0 Å². The van der Waals surface area contributed by atoms with E-state index in [1.165, 1.54) is 42.5 Å². The number of halogens is 2. The molecule has 0 saturated heterocycles. The van der Waals surface area contributed by atoms with E-state index in [4.69, 9.17) is 27.9 Å². The monoisotopic (exact) mass is 633 g/mol. The van der Waals surface area contributed by atoms with Crippen LogP contribution < -0.4 is 19.1 Å². The molecule has 0 heterocycles. The van der Waals surface area contributed by atoms with Crippen molar-refractivity contribution in [3.05, 3.63) is 113 Å². The second-order valence-electron chi connectivity index (χ2n) is 8.84. The van der Waals surface area contributed by atoms with E-state index in [0.717, 1.165) is 16.1 Å². The summed E-state index contributed by atoms with van der Waals surface area (Å²) in [5.41, 5.74) is 1.70. The molecule has 4 rings (SSSR count). The normalized spacial score (nSPS) is 11.5. The van der Waals surface area contributed by atoms with E-state index in [9.17, 15) is 21.6 Å². The van der Waals surface area contributed by atoms with E-state index in [0.29, 0.717) is 17.4 Å². The summed E-state index contributed by atoms with van der Waals surface area (Å²) in [6.45, 7) is -0.150. The van der Waals surface area contributed by atoms with Gasteiger partial charge in [-0.1, -0.05) is 53.5 Å². The third-order valence-electron chi connectivity index (χ3n) is 5.68. The summed E-state index contributed by atoms with van der Waals surface area (Å²) in [4.78, 5) is 12.7. The number of carbonyl (C=O) groups is 1. The number of ether oxygens (including phenoxy) is 1. The Morgan fingerprint density at radius 3 is 2.12 bits per heavy atom. The van der Waals surface area contributed by atoms with Crippen LogP contribution in [0.3, 0.4) is 0 Å². The van der Waals surface area contributed by atoms with Gasteiger partial charge in [0.15, 0.2) is 0 Å². The van der Waals surface area contributed by atoms with Crippen molar-refractivity contribution in [3.8, 4) is 5.75 Å². The molecule has 0 aromatic heterocycles. The second-order valence-corrected chi connectivity index (χ2v) is 13.3. The number of hydrogen-bond acceptors (Lipinski definition) is 6. The minimum atomic E-state index is -3.98. The smallest absolute Gasteiger partial charge is 0.261 e. The fourth-order valence-electron chi connectivity index (χ4n) is 3.67. The van der Waals surface area contributed by atoms with Crippen LogP contribution in [0.5, 0.6) is 5.75 Å². The zero-order valence-electron chi connectivity index (χ0n) is 21.6. The molecule has 0 unspecified atom stereocenters. The van der Waals surface area contributed by atoms with Crippen LogP contribution >= 0.6 is 23.2 Å². The van der Waals surface area contributed by atoms with E-state index in [1.54, 1.807) is 24.3 Å². The van der Waals surface area contributed by atoms with Gasteiger partial charge < -0.3 is 10.1 Å². The number of anilines is 3. The van der Waals surface area contributed by atoms with Gasteiger partial charge in [0, 0.05) is 10.7 Å². The molecule has 0 atom stereocenters. The van der Waals surface area contributed by atoms with E-state index < -0.39 is 32.5 Å². The number of sulfonamides is 2. The van der Waals surface area contributed by atoms with E-state index in [1.807, 2.05) is 30.3 Å². The molecule has 0 aliphatic rings. The molecule has 0 aliphatic heterocycles. The standard InChI is InChI=1S/C28H25Cl2N3O6S2/c1-40(35,36)33(23-10-12-24(13-11-23)39-19-20-5-3-2-4-6-20)18-28(34)31-22-8-14-25(15-9-22)41(37,38)32-27-16-7-21(29)17-26(27)30/h2-17,32H,18-19H2,1H3,(H,31,34). The predicted octanol–water partition coefficient (Wildman–Crippen LogP) is 5.78. The zero-order chi connectivity index (χ0) is 29.6. The van der Waals surface area contributed by atoms with Gasteiger partial charge in [0.2, 0.25) is 15.9 Å². The maximum Gasteiger partial charge on any atom is 0.261 e. The number of nitrogens with one attached hydrogen (secondary N) is 2. The third-order valence-corrected chi connectivity index (χ3v) is 8.75. The molecule has 13 heteroatoms. The molecule has 4 aromatic rings. The number of carbonyl (C=O) groups excluding carboxylic acids is 1. The summed E-state index contributed by atoms with van der Waals surface area (Å²) >= 11 is 11.9. The van der Waals surface area contributed by atoms with E-state index in [-0.39, 0.29) is 27.0 Å². The topological polar surface area (TPSA) is 122 Å². The SMILES string of the molecule is CS(=O)(=O)N(CC(=O)Nc1ccc(S(=O)(=O)Nc2ccc(Cl)cc2Cl)cc1)c1ccc(OCc2ccccc2)cc1. The van der Waals surface area contributed by atoms with Gasteiger partial charge in [-0.3, -0.25) is 13.8 Å². The van der Waals surface area contributed by atoms with Crippen LogP contribution in [0.2, 0.25) is 10.0 Å². The van der Waals surface area contributed by atoms with Crippen LogP contribution in [0.1, 0.15) is 5.56 Å². The lowest BCUT2D eigenvalue weighted by Crippen LogP contribution is -2.37. The second kappa shape index (κ2) is 12.8. The van der Waals surface area contributed by atoms with Gasteiger partial charge in [-0.15, -0.1) is 0 Å². The molecule has 9 nitrogen and oxygen atoms in total. The first kappa shape index (κ1) is 30.2. The van der Waals surface area contributed by atoms with Gasteiger partial charge in [0.25, 0.3) is 10.0 Å². The lowest BCUT2D eigenvalue weighted by Gasteiger charge is -2.22. The highest BCUT2D eigenvalue weighted by Gasteiger charge is 2.22. The van der Waals surface area contributed by atoms with Crippen LogP contribution in [-0.2, 0) is 31.4 Å². The van der Waals surface area contributed by atoms with E-state index in [2.05, 4.69) is 10.0 Å². The minimum absolute atomic E-state index is 0.0751. The molecule has 1 amide bonds. The van der Waals surface area contributed by atoms with Gasteiger partial charge in [-0.2, -0.15) is 0 Å². The van der Waals surface area contributed by atoms with Gasteiger partial charge in [-0.25, -0.2) is 16.8 Å². The highest BCUT2D eigenvalue weighted by atomic mass is 35.5. The Morgan fingerprint density at radius 2 is 1.51 bits per heavy atom. The number of hydrogen-bond donors (Lipinski definition) is 2.